The van der Waals surface area contributed by atoms with E-state index < -0.39 is 5.97 Å². The number of nitrogen functional groups attached to an aromatic ring is 1. The second-order valence-corrected chi connectivity index (χ2v) is 7.94. The number of hydrogen-bond donors (Lipinski definition) is 2. The fourth-order valence-corrected chi connectivity index (χ4v) is 4.13. The molecule has 0 spiro atoms. The predicted molar refractivity (Wildman–Crippen MR) is 98.4 cm³/mol. The van der Waals surface area contributed by atoms with E-state index in [4.69, 9.17) is 10.8 Å². The van der Waals surface area contributed by atoms with Crippen LogP contribution in [0.25, 0.3) is 0 Å². The van der Waals surface area contributed by atoms with E-state index in [0.717, 1.165) is 29.9 Å². The van der Waals surface area contributed by atoms with Crippen molar-refractivity contribution in [1.82, 2.24) is 0 Å². The molecule has 3 N–H and O–H groups in total. The lowest BCUT2D eigenvalue weighted by Crippen LogP contribution is -2.39. The number of carbonyl (C=O) groups is 1. The van der Waals surface area contributed by atoms with E-state index in [9.17, 15) is 4.79 Å². The summed E-state index contributed by atoms with van der Waals surface area (Å²) in [5.74, 6) is -0.176. The van der Waals surface area contributed by atoms with Crippen LogP contribution in [-0.2, 0) is 4.79 Å². The van der Waals surface area contributed by atoms with Crippen LogP contribution in [0, 0.1) is 11.8 Å². The van der Waals surface area contributed by atoms with Crippen molar-refractivity contribution >= 4 is 17.3 Å². The van der Waals surface area contributed by atoms with Crippen LogP contribution in [0.2, 0.25) is 0 Å². The summed E-state index contributed by atoms with van der Waals surface area (Å²) in [5.41, 5.74) is 9.42. The number of rotatable bonds is 6. The Balaban J connectivity index is 1.81. The summed E-state index contributed by atoms with van der Waals surface area (Å²) < 4.78 is 0. The Labute approximate surface area is 145 Å². The van der Waals surface area contributed by atoms with Gasteiger partial charge in [-0.2, -0.15) is 0 Å². The summed E-state index contributed by atoms with van der Waals surface area (Å²) in [6.45, 7) is 5.53. The highest BCUT2D eigenvalue weighted by Crippen LogP contribution is 2.48. The van der Waals surface area contributed by atoms with Gasteiger partial charge in [0, 0.05) is 12.6 Å². The molecular formula is C20H30N2O2. The van der Waals surface area contributed by atoms with Gasteiger partial charge in [0.25, 0.3) is 0 Å². The van der Waals surface area contributed by atoms with Crippen molar-refractivity contribution in [2.45, 2.75) is 64.3 Å². The van der Waals surface area contributed by atoms with Gasteiger partial charge in [-0.05, 0) is 48.8 Å². The van der Waals surface area contributed by atoms with Crippen LogP contribution in [0.3, 0.4) is 0 Å². The van der Waals surface area contributed by atoms with E-state index in [-0.39, 0.29) is 11.8 Å². The van der Waals surface area contributed by atoms with Crippen LogP contribution in [0.1, 0.15) is 63.9 Å². The summed E-state index contributed by atoms with van der Waals surface area (Å²) in [5, 5.41) is 9.13. The summed E-state index contributed by atoms with van der Waals surface area (Å²) >= 11 is 0. The lowest BCUT2D eigenvalue weighted by atomic mass is 9.92. The van der Waals surface area contributed by atoms with Crippen molar-refractivity contribution in [1.29, 1.82) is 0 Å². The third-order valence-electron chi connectivity index (χ3n) is 5.47. The molecule has 24 heavy (non-hydrogen) atoms. The number of hydrogen-bond acceptors (Lipinski definition) is 3. The Morgan fingerprint density at radius 1 is 1.29 bits per heavy atom. The molecule has 4 nitrogen and oxygen atoms in total. The fourth-order valence-electron chi connectivity index (χ4n) is 4.13. The minimum atomic E-state index is -0.689. The molecule has 2 fully saturated rings. The molecule has 2 atom stereocenters. The zero-order valence-electron chi connectivity index (χ0n) is 14.9. The molecule has 1 aromatic carbocycles. The third-order valence-corrected chi connectivity index (χ3v) is 5.47. The Kier molecular flexibility index (Phi) is 5.02. The Morgan fingerprint density at radius 3 is 2.54 bits per heavy atom. The Morgan fingerprint density at radius 2 is 2.00 bits per heavy atom. The van der Waals surface area contributed by atoms with E-state index in [0.29, 0.717) is 12.0 Å². The minimum absolute atomic E-state index is 0.145. The van der Waals surface area contributed by atoms with Crippen molar-refractivity contribution in [3.8, 4) is 0 Å². The molecule has 0 saturated heterocycles. The maximum Gasteiger partial charge on any atom is 0.307 e. The molecule has 0 aromatic heterocycles. The van der Waals surface area contributed by atoms with Gasteiger partial charge in [0.1, 0.15) is 0 Å². The van der Waals surface area contributed by atoms with Gasteiger partial charge in [0.15, 0.2) is 0 Å². The Bertz CT molecular complexity index is 593. The van der Waals surface area contributed by atoms with Gasteiger partial charge < -0.3 is 15.7 Å². The molecule has 3 rings (SSSR count). The smallest absolute Gasteiger partial charge is 0.307 e. The molecule has 4 heteroatoms. The number of carboxylic acids is 1. The maximum atomic E-state index is 11.1. The second kappa shape index (κ2) is 7.04. The summed E-state index contributed by atoms with van der Waals surface area (Å²) in [6, 6.07) is 6.81. The first-order valence-electron chi connectivity index (χ1n) is 9.36. The monoisotopic (exact) mass is 330 g/mol. The topological polar surface area (TPSA) is 66.6 Å². The number of carboxylic acid groups (broad SMARTS) is 1. The molecule has 1 aromatic rings. The SMILES string of the molecule is CC(C)CN(c1ccc([C@H]2C[C@H]2C(=O)O)cc1N)C1CCCCC1. The maximum absolute atomic E-state index is 11.1. The van der Waals surface area contributed by atoms with E-state index in [2.05, 4.69) is 30.9 Å². The van der Waals surface area contributed by atoms with Gasteiger partial charge in [-0.3, -0.25) is 4.79 Å². The largest absolute Gasteiger partial charge is 0.481 e. The van der Waals surface area contributed by atoms with Gasteiger partial charge in [-0.15, -0.1) is 0 Å². The first-order chi connectivity index (χ1) is 11.5. The van der Waals surface area contributed by atoms with Crippen LogP contribution < -0.4 is 10.6 Å². The molecule has 0 heterocycles. The standard InChI is InChI=1S/C20H30N2O2/c1-13(2)12-22(15-6-4-3-5-7-15)19-9-8-14(10-18(19)21)16-11-17(16)20(23)24/h8-10,13,15-17H,3-7,11-12,21H2,1-2H3,(H,23,24)/t16-,17-/m1/s1. The first-order valence-corrected chi connectivity index (χ1v) is 9.36. The van der Waals surface area contributed by atoms with Crippen LogP contribution in [0.15, 0.2) is 18.2 Å². The highest BCUT2D eigenvalue weighted by Gasteiger charge is 2.44. The van der Waals surface area contributed by atoms with Crippen LogP contribution in [-0.4, -0.2) is 23.7 Å². The zero-order chi connectivity index (χ0) is 17.3. The first kappa shape index (κ1) is 17.1. The van der Waals surface area contributed by atoms with Crippen LogP contribution in [0.4, 0.5) is 11.4 Å². The Hall–Kier alpha value is -1.71. The second-order valence-electron chi connectivity index (χ2n) is 7.94. The van der Waals surface area contributed by atoms with Gasteiger partial charge in [0.05, 0.1) is 17.3 Å². The molecule has 0 bridgehead atoms. The quantitative estimate of drug-likeness (QED) is 0.765. The van der Waals surface area contributed by atoms with E-state index in [1.165, 1.54) is 32.1 Å². The summed E-state index contributed by atoms with van der Waals surface area (Å²) in [6.07, 6.45) is 7.19. The molecule has 0 radical (unpaired) electrons. The van der Waals surface area contributed by atoms with Crippen molar-refractivity contribution in [3.63, 3.8) is 0 Å². The predicted octanol–water partition coefficient (Wildman–Crippen LogP) is 4.25. The van der Waals surface area contributed by atoms with E-state index in [1.54, 1.807) is 0 Å². The molecule has 132 valence electrons. The molecular weight excluding hydrogens is 300 g/mol. The highest BCUT2D eigenvalue weighted by molar-refractivity contribution is 5.76. The number of nitrogens with zero attached hydrogens (tertiary/aromatic N) is 1. The van der Waals surface area contributed by atoms with Crippen LogP contribution >= 0.6 is 0 Å². The van der Waals surface area contributed by atoms with Gasteiger partial charge in [-0.1, -0.05) is 39.2 Å². The van der Waals surface area contributed by atoms with Gasteiger partial charge in [-0.25, -0.2) is 0 Å². The fraction of sp³-hybridized carbons (Fsp3) is 0.650. The number of benzene rings is 1. The number of aliphatic carboxylic acids is 1. The van der Waals surface area contributed by atoms with Crippen molar-refractivity contribution < 1.29 is 9.90 Å². The molecule has 0 unspecified atom stereocenters. The molecule has 2 aliphatic carbocycles. The lowest BCUT2D eigenvalue weighted by molar-refractivity contribution is -0.138. The van der Waals surface area contributed by atoms with Crippen molar-refractivity contribution in [2.24, 2.45) is 11.8 Å². The molecule has 0 amide bonds. The normalized spacial score (nSPS) is 24.1. The van der Waals surface area contributed by atoms with Crippen molar-refractivity contribution in [3.05, 3.63) is 23.8 Å². The third kappa shape index (κ3) is 3.68. The van der Waals surface area contributed by atoms with Gasteiger partial charge >= 0.3 is 5.97 Å². The van der Waals surface area contributed by atoms with Crippen LogP contribution in [0.5, 0.6) is 0 Å². The highest BCUT2D eigenvalue weighted by atomic mass is 16.4. The summed E-state index contributed by atoms with van der Waals surface area (Å²) in [4.78, 5) is 13.6. The van der Waals surface area contributed by atoms with Gasteiger partial charge in [0.2, 0.25) is 0 Å². The minimum Gasteiger partial charge on any atom is -0.481 e. The summed E-state index contributed by atoms with van der Waals surface area (Å²) in [7, 11) is 0. The lowest BCUT2D eigenvalue weighted by Gasteiger charge is -2.38. The zero-order valence-corrected chi connectivity index (χ0v) is 14.9. The molecule has 2 aliphatic rings. The number of anilines is 2. The van der Waals surface area contributed by atoms with E-state index in [1.807, 2.05) is 6.07 Å². The average molecular weight is 330 g/mol. The average Bonchev–Trinajstić information content (AvgIpc) is 3.34. The number of nitrogens with two attached hydrogens (primary N) is 1. The molecule has 2 saturated carbocycles. The molecule has 0 aliphatic heterocycles. The van der Waals surface area contributed by atoms with Crippen molar-refractivity contribution in [2.75, 3.05) is 17.2 Å². The van der Waals surface area contributed by atoms with E-state index >= 15 is 0 Å².